The molecule has 0 fully saturated rings. The van der Waals surface area contributed by atoms with Gasteiger partial charge in [0.15, 0.2) is 0 Å². The topological polar surface area (TPSA) is 53.0 Å². The first-order valence-electron chi connectivity index (χ1n) is 3.11. The van der Waals surface area contributed by atoms with Gasteiger partial charge in [-0.3, -0.25) is 0 Å². The molecule has 0 bridgehead atoms. The fraction of sp³-hybridized carbons (Fsp3) is 0.286. The molecule has 0 saturated heterocycles. The molecule has 0 aliphatic rings. The lowest BCUT2D eigenvalue weighted by Gasteiger charge is -2.08. The summed E-state index contributed by atoms with van der Waals surface area (Å²) in [4.78, 5) is 1.89. The maximum atomic E-state index is 8.69. The number of nitrogen functional groups attached to an aromatic ring is 1. The number of hydrogen-bond donors (Lipinski definition) is 1. The molecule has 0 amide bonds. The highest BCUT2D eigenvalue weighted by Gasteiger charge is 2.09. The Bertz CT molecular complexity index is 295. The summed E-state index contributed by atoms with van der Waals surface area (Å²) < 4.78 is 0. The molecule has 1 aromatic rings. The molecule has 0 aliphatic carbocycles. The normalized spacial score (nSPS) is 9.18. The smallest absolute Gasteiger partial charge is 0.111 e. The van der Waals surface area contributed by atoms with Crippen molar-refractivity contribution in [2.45, 2.75) is 0 Å². The van der Waals surface area contributed by atoms with Gasteiger partial charge in [-0.05, 0) is 0 Å². The molecule has 58 valence electrons. The highest BCUT2D eigenvalue weighted by atomic mass is 32.1. The van der Waals surface area contributed by atoms with Crippen LogP contribution in [0.2, 0.25) is 0 Å². The molecule has 0 saturated carbocycles. The molecule has 0 unspecified atom stereocenters. The van der Waals surface area contributed by atoms with E-state index in [-0.39, 0.29) is 0 Å². The van der Waals surface area contributed by atoms with Crippen LogP contribution >= 0.6 is 11.3 Å². The second-order valence-corrected chi connectivity index (χ2v) is 3.24. The van der Waals surface area contributed by atoms with Crippen LogP contribution < -0.4 is 10.6 Å². The Morgan fingerprint density at radius 2 is 2.27 bits per heavy atom. The molecule has 0 radical (unpaired) electrons. The van der Waals surface area contributed by atoms with Crippen LogP contribution in [0, 0.1) is 11.3 Å². The third-order valence-electron chi connectivity index (χ3n) is 1.32. The van der Waals surface area contributed by atoms with Gasteiger partial charge in [0.25, 0.3) is 0 Å². The van der Waals surface area contributed by atoms with E-state index < -0.39 is 0 Å². The van der Waals surface area contributed by atoms with Crippen molar-refractivity contribution in [2.24, 2.45) is 0 Å². The highest BCUT2D eigenvalue weighted by Crippen LogP contribution is 2.30. The van der Waals surface area contributed by atoms with Crippen molar-refractivity contribution in [3.05, 3.63) is 10.9 Å². The molecule has 1 aromatic heterocycles. The van der Waals surface area contributed by atoms with Crippen LogP contribution in [0.15, 0.2) is 5.38 Å². The van der Waals surface area contributed by atoms with Gasteiger partial charge in [0.05, 0.1) is 5.69 Å². The van der Waals surface area contributed by atoms with Gasteiger partial charge in [0.2, 0.25) is 0 Å². The SMILES string of the molecule is CN(C)c1scc(N)c1C#N. The average molecular weight is 167 g/mol. The van der Waals surface area contributed by atoms with Gasteiger partial charge in [-0.15, -0.1) is 11.3 Å². The molecule has 3 nitrogen and oxygen atoms in total. The number of rotatable bonds is 1. The Morgan fingerprint density at radius 3 is 2.64 bits per heavy atom. The van der Waals surface area contributed by atoms with Crippen LogP contribution in [0.4, 0.5) is 10.7 Å². The predicted octanol–water partition coefficient (Wildman–Crippen LogP) is 1.27. The van der Waals surface area contributed by atoms with Crippen LogP contribution in [0.5, 0.6) is 0 Å². The maximum Gasteiger partial charge on any atom is 0.111 e. The van der Waals surface area contributed by atoms with Crippen molar-refractivity contribution in [1.82, 2.24) is 0 Å². The van der Waals surface area contributed by atoms with E-state index in [1.165, 1.54) is 11.3 Å². The first-order valence-corrected chi connectivity index (χ1v) is 3.99. The molecule has 4 heteroatoms. The average Bonchev–Trinajstić information content (AvgIpc) is 2.30. The van der Waals surface area contributed by atoms with Crippen LogP contribution in [0.3, 0.4) is 0 Å². The van der Waals surface area contributed by atoms with Crippen molar-refractivity contribution in [3.8, 4) is 6.07 Å². The quantitative estimate of drug-likeness (QED) is 0.685. The zero-order valence-corrected chi connectivity index (χ0v) is 7.27. The molecule has 1 heterocycles. The summed E-state index contributed by atoms with van der Waals surface area (Å²) >= 11 is 1.49. The fourth-order valence-corrected chi connectivity index (χ4v) is 1.65. The standard InChI is InChI=1S/C7H9N3S/c1-10(2)7-5(3-8)6(9)4-11-7/h4H,9H2,1-2H3. The summed E-state index contributed by atoms with van der Waals surface area (Å²) in [5.41, 5.74) is 6.70. The first-order chi connectivity index (χ1) is 5.16. The third-order valence-corrected chi connectivity index (χ3v) is 2.48. The molecule has 0 aromatic carbocycles. The number of thiophene rings is 1. The number of nitrogens with zero attached hydrogens (tertiary/aromatic N) is 2. The fourth-order valence-electron chi connectivity index (χ4n) is 0.802. The summed E-state index contributed by atoms with van der Waals surface area (Å²) in [6, 6.07) is 2.07. The van der Waals surface area contributed by atoms with E-state index in [9.17, 15) is 0 Å². The molecule has 0 spiro atoms. The molecule has 0 atom stereocenters. The third kappa shape index (κ3) is 1.28. The van der Waals surface area contributed by atoms with E-state index >= 15 is 0 Å². The zero-order valence-electron chi connectivity index (χ0n) is 6.46. The zero-order chi connectivity index (χ0) is 8.43. The van der Waals surface area contributed by atoms with Gasteiger partial charge < -0.3 is 10.6 Å². The molecule has 1 rings (SSSR count). The predicted molar refractivity (Wildman–Crippen MR) is 47.8 cm³/mol. The van der Waals surface area contributed by atoms with Crippen LogP contribution in [-0.4, -0.2) is 14.1 Å². The Balaban J connectivity index is 3.19. The molecular weight excluding hydrogens is 158 g/mol. The van der Waals surface area contributed by atoms with Crippen molar-refractivity contribution >= 4 is 22.0 Å². The van der Waals surface area contributed by atoms with Gasteiger partial charge in [-0.2, -0.15) is 5.26 Å². The van der Waals surface area contributed by atoms with E-state index in [0.717, 1.165) is 5.00 Å². The highest BCUT2D eigenvalue weighted by molar-refractivity contribution is 7.15. The lowest BCUT2D eigenvalue weighted by molar-refractivity contribution is 1.15. The first kappa shape index (κ1) is 7.89. The van der Waals surface area contributed by atoms with Crippen molar-refractivity contribution in [1.29, 1.82) is 5.26 Å². The number of nitriles is 1. The van der Waals surface area contributed by atoms with Crippen molar-refractivity contribution in [3.63, 3.8) is 0 Å². The summed E-state index contributed by atoms with van der Waals surface area (Å²) in [5.74, 6) is 0. The second-order valence-electron chi connectivity index (χ2n) is 2.38. The van der Waals surface area contributed by atoms with E-state index in [1.54, 1.807) is 5.38 Å². The largest absolute Gasteiger partial charge is 0.397 e. The molecule has 2 N–H and O–H groups in total. The van der Waals surface area contributed by atoms with Gasteiger partial charge in [0.1, 0.15) is 16.6 Å². The van der Waals surface area contributed by atoms with Crippen LogP contribution in [0.25, 0.3) is 0 Å². The lowest BCUT2D eigenvalue weighted by atomic mass is 10.3. The number of anilines is 2. The van der Waals surface area contributed by atoms with Gasteiger partial charge in [-0.1, -0.05) is 0 Å². The van der Waals surface area contributed by atoms with Crippen LogP contribution in [0.1, 0.15) is 5.56 Å². The number of hydrogen-bond acceptors (Lipinski definition) is 4. The van der Waals surface area contributed by atoms with Gasteiger partial charge in [-0.25, -0.2) is 0 Å². The second kappa shape index (κ2) is 2.81. The maximum absolute atomic E-state index is 8.69. The molecular formula is C7H9N3S. The summed E-state index contributed by atoms with van der Waals surface area (Å²) in [7, 11) is 3.79. The summed E-state index contributed by atoms with van der Waals surface area (Å²) in [6.45, 7) is 0. The van der Waals surface area contributed by atoms with Gasteiger partial charge in [0, 0.05) is 19.5 Å². The Hall–Kier alpha value is -1.21. The minimum absolute atomic E-state index is 0.571. The Kier molecular flexibility index (Phi) is 2.01. The minimum atomic E-state index is 0.571. The molecule has 11 heavy (non-hydrogen) atoms. The van der Waals surface area contributed by atoms with E-state index in [1.807, 2.05) is 19.0 Å². The van der Waals surface area contributed by atoms with E-state index in [2.05, 4.69) is 6.07 Å². The van der Waals surface area contributed by atoms with E-state index in [0.29, 0.717) is 11.3 Å². The van der Waals surface area contributed by atoms with Crippen molar-refractivity contribution < 1.29 is 0 Å². The van der Waals surface area contributed by atoms with Gasteiger partial charge >= 0.3 is 0 Å². The monoisotopic (exact) mass is 167 g/mol. The minimum Gasteiger partial charge on any atom is -0.397 e. The van der Waals surface area contributed by atoms with E-state index in [4.69, 9.17) is 11.0 Å². The Morgan fingerprint density at radius 1 is 1.64 bits per heavy atom. The number of nitrogens with two attached hydrogens (primary N) is 1. The Labute approximate surface area is 69.7 Å². The van der Waals surface area contributed by atoms with Crippen molar-refractivity contribution in [2.75, 3.05) is 24.7 Å². The summed E-state index contributed by atoms with van der Waals surface area (Å²) in [6.07, 6.45) is 0. The molecule has 0 aliphatic heterocycles. The summed E-state index contributed by atoms with van der Waals surface area (Å²) in [5, 5.41) is 11.4. The van der Waals surface area contributed by atoms with Crippen LogP contribution in [-0.2, 0) is 0 Å². The lowest BCUT2D eigenvalue weighted by Crippen LogP contribution is -2.08.